The Kier molecular flexibility index (Phi) is 2.98. The van der Waals surface area contributed by atoms with Gasteiger partial charge in [-0.25, -0.2) is 0 Å². The predicted octanol–water partition coefficient (Wildman–Crippen LogP) is 1.34. The third-order valence-electron chi connectivity index (χ3n) is 3.25. The summed E-state index contributed by atoms with van der Waals surface area (Å²) in [7, 11) is 0. The Morgan fingerprint density at radius 3 is 2.67 bits per heavy atom. The summed E-state index contributed by atoms with van der Waals surface area (Å²) in [6.07, 6.45) is 1.45. The van der Waals surface area contributed by atoms with Gasteiger partial charge in [-0.1, -0.05) is 6.92 Å². The molecular weight excluding hydrogens is 196 g/mol. The standard InChI is InChI=1S/C11H18O4/c1-3-13-10(12)9-7-11(6-8(9)2)14-4-5-15-11/h8-9H,3-7H2,1-2H3/t8-,9+/m1/s1. The van der Waals surface area contributed by atoms with E-state index in [0.717, 1.165) is 6.42 Å². The highest BCUT2D eigenvalue weighted by molar-refractivity contribution is 5.73. The lowest BCUT2D eigenvalue weighted by Crippen LogP contribution is -2.27. The van der Waals surface area contributed by atoms with Crippen LogP contribution in [0.2, 0.25) is 0 Å². The van der Waals surface area contributed by atoms with Gasteiger partial charge in [0.25, 0.3) is 0 Å². The Morgan fingerprint density at radius 2 is 2.07 bits per heavy atom. The topological polar surface area (TPSA) is 44.8 Å². The molecule has 4 nitrogen and oxygen atoms in total. The van der Waals surface area contributed by atoms with Crippen molar-refractivity contribution in [2.45, 2.75) is 32.5 Å². The summed E-state index contributed by atoms with van der Waals surface area (Å²) in [6.45, 7) is 5.61. The van der Waals surface area contributed by atoms with Gasteiger partial charge in [-0.2, -0.15) is 0 Å². The molecule has 0 unspecified atom stereocenters. The highest BCUT2D eigenvalue weighted by Gasteiger charge is 2.50. The monoisotopic (exact) mass is 214 g/mol. The van der Waals surface area contributed by atoms with Crippen molar-refractivity contribution in [3.8, 4) is 0 Å². The zero-order chi connectivity index (χ0) is 10.9. The Labute approximate surface area is 89.9 Å². The van der Waals surface area contributed by atoms with Crippen LogP contribution in [0.4, 0.5) is 0 Å². The molecule has 0 radical (unpaired) electrons. The second-order valence-corrected chi connectivity index (χ2v) is 4.35. The van der Waals surface area contributed by atoms with Gasteiger partial charge in [-0.15, -0.1) is 0 Å². The van der Waals surface area contributed by atoms with E-state index < -0.39 is 5.79 Å². The minimum Gasteiger partial charge on any atom is -0.466 e. The summed E-state index contributed by atoms with van der Waals surface area (Å²) in [6, 6.07) is 0. The average Bonchev–Trinajstić information content (AvgIpc) is 2.75. The molecule has 0 bridgehead atoms. The van der Waals surface area contributed by atoms with Gasteiger partial charge in [-0.05, 0) is 12.8 Å². The zero-order valence-corrected chi connectivity index (χ0v) is 9.32. The van der Waals surface area contributed by atoms with Crippen molar-refractivity contribution in [1.82, 2.24) is 0 Å². The number of ether oxygens (including phenoxy) is 3. The molecule has 1 saturated carbocycles. The Bertz CT molecular complexity index is 245. The number of carbonyl (C=O) groups is 1. The van der Waals surface area contributed by atoms with Crippen molar-refractivity contribution in [3.63, 3.8) is 0 Å². The fourth-order valence-corrected chi connectivity index (χ4v) is 2.55. The summed E-state index contributed by atoms with van der Waals surface area (Å²) in [5.41, 5.74) is 0. The van der Waals surface area contributed by atoms with Crippen molar-refractivity contribution in [2.75, 3.05) is 19.8 Å². The SMILES string of the molecule is CCOC(=O)[C@H]1CC2(C[C@H]1C)OCCO2. The smallest absolute Gasteiger partial charge is 0.309 e. The molecule has 1 spiro atoms. The van der Waals surface area contributed by atoms with Gasteiger partial charge in [0.1, 0.15) is 0 Å². The fourth-order valence-electron chi connectivity index (χ4n) is 2.55. The molecular formula is C11H18O4. The summed E-state index contributed by atoms with van der Waals surface area (Å²) in [5, 5.41) is 0. The van der Waals surface area contributed by atoms with Crippen LogP contribution in [0.15, 0.2) is 0 Å². The first kappa shape index (κ1) is 10.9. The molecule has 2 aliphatic rings. The van der Waals surface area contributed by atoms with E-state index in [1.807, 2.05) is 6.92 Å². The van der Waals surface area contributed by atoms with E-state index in [1.54, 1.807) is 0 Å². The molecule has 4 heteroatoms. The first-order valence-corrected chi connectivity index (χ1v) is 5.61. The molecule has 0 N–H and O–H groups in total. The first-order valence-electron chi connectivity index (χ1n) is 5.61. The van der Waals surface area contributed by atoms with Crippen molar-refractivity contribution in [1.29, 1.82) is 0 Å². The van der Waals surface area contributed by atoms with Crippen LogP contribution in [-0.2, 0) is 19.0 Å². The van der Waals surface area contributed by atoms with Gasteiger partial charge in [-0.3, -0.25) is 4.79 Å². The molecule has 2 fully saturated rings. The van der Waals surface area contributed by atoms with Crippen molar-refractivity contribution in [3.05, 3.63) is 0 Å². The number of hydrogen-bond acceptors (Lipinski definition) is 4. The lowest BCUT2D eigenvalue weighted by Gasteiger charge is -2.21. The molecule has 15 heavy (non-hydrogen) atoms. The molecule has 0 amide bonds. The van der Waals surface area contributed by atoms with Gasteiger partial charge in [0.15, 0.2) is 5.79 Å². The largest absolute Gasteiger partial charge is 0.466 e. The van der Waals surface area contributed by atoms with Gasteiger partial charge in [0.2, 0.25) is 0 Å². The minimum atomic E-state index is -0.489. The molecule has 0 aromatic heterocycles. The molecule has 0 aromatic carbocycles. The molecule has 2 atom stereocenters. The summed E-state index contributed by atoms with van der Waals surface area (Å²) in [5.74, 6) is -0.386. The van der Waals surface area contributed by atoms with E-state index >= 15 is 0 Å². The van der Waals surface area contributed by atoms with E-state index in [2.05, 4.69) is 6.92 Å². The lowest BCUT2D eigenvalue weighted by molar-refractivity contribution is -0.162. The quantitative estimate of drug-likeness (QED) is 0.651. The predicted molar refractivity (Wildman–Crippen MR) is 53.2 cm³/mol. The van der Waals surface area contributed by atoms with Crippen LogP contribution >= 0.6 is 0 Å². The summed E-state index contributed by atoms with van der Waals surface area (Å²) < 4.78 is 16.2. The van der Waals surface area contributed by atoms with Crippen LogP contribution in [0.5, 0.6) is 0 Å². The maximum Gasteiger partial charge on any atom is 0.309 e. The van der Waals surface area contributed by atoms with Crippen LogP contribution in [0.3, 0.4) is 0 Å². The van der Waals surface area contributed by atoms with E-state index in [0.29, 0.717) is 26.2 Å². The molecule has 2 rings (SSSR count). The molecule has 1 aliphatic heterocycles. The van der Waals surface area contributed by atoms with Gasteiger partial charge in [0.05, 0.1) is 25.7 Å². The Hall–Kier alpha value is -0.610. The van der Waals surface area contributed by atoms with E-state index in [1.165, 1.54) is 0 Å². The van der Waals surface area contributed by atoms with Crippen LogP contribution in [0.1, 0.15) is 26.7 Å². The van der Waals surface area contributed by atoms with Gasteiger partial charge in [0, 0.05) is 12.8 Å². The minimum absolute atomic E-state index is 0.0666. The molecule has 1 heterocycles. The van der Waals surface area contributed by atoms with Crippen LogP contribution < -0.4 is 0 Å². The summed E-state index contributed by atoms with van der Waals surface area (Å²) in [4.78, 5) is 11.7. The number of hydrogen-bond donors (Lipinski definition) is 0. The van der Waals surface area contributed by atoms with Crippen LogP contribution in [0, 0.1) is 11.8 Å². The number of rotatable bonds is 2. The van der Waals surface area contributed by atoms with Crippen molar-refractivity contribution < 1.29 is 19.0 Å². The molecule has 0 aromatic rings. The van der Waals surface area contributed by atoms with E-state index in [-0.39, 0.29) is 17.8 Å². The van der Waals surface area contributed by atoms with Gasteiger partial charge >= 0.3 is 5.97 Å². The third kappa shape index (κ3) is 2.01. The summed E-state index contributed by atoms with van der Waals surface area (Å²) >= 11 is 0. The maximum atomic E-state index is 11.7. The van der Waals surface area contributed by atoms with Gasteiger partial charge < -0.3 is 14.2 Å². The highest BCUT2D eigenvalue weighted by Crippen LogP contribution is 2.44. The Morgan fingerprint density at radius 1 is 1.40 bits per heavy atom. The third-order valence-corrected chi connectivity index (χ3v) is 3.25. The second kappa shape index (κ2) is 4.10. The zero-order valence-electron chi connectivity index (χ0n) is 9.32. The maximum absolute atomic E-state index is 11.7. The fraction of sp³-hybridized carbons (Fsp3) is 0.909. The second-order valence-electron chi connectivity index (χ2n) is 4.35. The van der Waals surface area contributed by atoms with E-state index in [9.17, 15) is 4.79 Å². The normalized spacial score (nSPS) is 33.5. The number of esters is 1. The molecule has 1 saturated heterocycles. The number of carbonyl (C=O) groups excluding carboxylic acids is 1. The Balaban J connectivity index is 2.00. The lowest BCUT2D eigenvalue weighted by atomic mass is 9.99. The highest BCUT2D eigenvalue weighted by atomic mass is 16.7. The van der Waals surface area contributed by atoms with Crippen molar-refractivity contribution in [2.24, 2.45) is 11.8 Å². The average molecular weight is 214 g/mol. The van der Waals surface area contributed by atoms with Crippen LogP contribution in [0.25, 0.3) is 0 Å². The van der Waals surface area contributed by atoms with Crippen molar-refractivity contribution >= 4 is 5.97 Å². The van der Waals surface area contributed by atoms with Crippen LogP contribution in [-0.4, -0.2) is 31.6 Å². The van der Waals surface area contributed by atoms with E-state index in [4.69, 9.17) is 14.2 Å². The molecule has 86 valence electrons. The molecule has 1 aliphatic carbocycles. The first-order chi connectivity index (χ1) is 7.17.